The number of benzene rings is 1. The van der Waals surface area contributed by atoms with Crippen LogP contribution in [0.4, 0.5) is 0 Å². The van der Waals surface area contributed by atoms with Crippen LogP contribution >= 0.6 is 24.0 Å². The Morgan fingerprint density at radius 3 is 2.88 bits per heavy atom. The molecule has 3 nitrogen and oxygen atoms in total. The maximum absolute atomic E-state index is 11.6. The minimum atomic E-state index is -0.101. The predicted octanol–water partition coefficient (Wildman–Crippen LogP) is 2.23. The summed E-state index contributed by atoms with van der Waals surface area (Å²) in [6, 6.07) is 10.2. The molecule has 1 aliphatic rings. The molecule has 1 saturated heterocycles. The van der Waals surface area contributed by atoms with E-state index in [1.807, 2.05) is 18.2 Å². The molecule has 0 aliphatic carbocycles. The number of H-pyrrole nitrogens is 1. The van der Waals surface area contributed by atoms with E-state index in [0.29, 0.717) is 10.7 Å². The second kappa shape index (κ2) is 4.16. The molecule has 1 unspecified atom stereocenters. The summed E-state index contributed by atoms with van der Waals surface area (Å²) < 4.78 is 0.580. The fraction of sp³-hybridized carbons (Fsp3) is 0.167. The fourth-order valence-corrected chi connectivity index (χ4v) is 3.27. The maximum Gasteiger partial charge on any atom is 0.239 e. The zero-order valence-corrected chi connectivity index (χ0v) is 10.5. The molecule has 0 radical (unpaired) electrons. The number of thioether (sulfide) groups is 1. The highest BCUT2D eigenvalue weighted by molar-refractivity contribution is 8.24. The molecule has 1 aromatic heterocycles. The van der Waals surface area contributed by atoms with Gasteiger partial charge in [0, 0.05) is 17.6 Å². The summed E-state index contributed by atoms with van der Waals surface area (Å²) >= 11 is 6.40. The minimum Gasteiger partial charge on any atom is -0.358 e. The van der Waals surface area contributed by atoms with Crippen molar-refractivity contribution in [2.24, 2.45) is 0 Å². The van der Waals surface area contributed by atoms with Crippen LogP contribution in [0.25, 0.3) is 10.9 Å². The van der Waals surface area contributed by atoms with Crippen LogP contribution in [0.1, 0.15) is 5.69 Å². The van der Waals surface area contributed by atoms with Crippen molar-refractivity contribution in [2.45, 2.75) is 11.7 Å². The lowest BCUT2D eigenvalue weighted by atomic mass is 10.2. The first kappa shape index (κ1) is 10.8. The van der Waals surface area contributed by atoms with Crippen LogP contribution in [0.5, 0.6) is 0 Å². The Balaban J connectivity index is 1.85. The second-order valence-corrected chi connectivity index (χ2v) is 5.85. The SMILES string of the molecule is O=C1NC(=S)SC1Cc1cc2ccccc2[nH]1. The smallest absolute Gasteiger partial charge is 0.239 e. The highest BCUT2D eigenvalue weighted by Crippen LogP contribution is 2.24. The quantitative estimate of drug-likeness (QED) is 0.816. The van der Waals surface area contributed by atoms with Crippen molar-refractivity contribution < 1.29 is 4.79 Å². The van der Waals surface area contributed by atoms with Gasteiger partial charge in [-0.1, -0.05) is 42.2 Å². The maximum atomic E-state index is 11.6. The number of aromatic nitrogens is 1. The molecule has 5 heteroatoms. The van der Waals surface area contributed by atoms with Crippen molar-refractivity contribution in [1.82, 2.24) is 10.3 Å². The Labute approximate surface area is 108 Å². The molecule has 0 saturated carbocycles. The number of thiocarbonyl (C=S) groups is 1. The number of fused-ring (bicyclic) bond motifs is 1. The van der Waals surface area contributed by atoms with Crippen molar-refractivity contribution >= 4 is 45.1 Å². The van der Waals surface area contributed by atoms with E-state index in [4.69, 9.17) is 12.2 Å². The number of hydrogen-bond donors (Lipinski definition) is 2. The number of rotatable bonds is 2. The van der Waals surface area contributed by atoms with Gasteiger partial charge >= 0.3 is 0 Å². The first-order valence-electron chi connectivity index (χ1n) is 5.30. The predicted molar refractivity (Wildman–Crippen MR) is 74.1 cm³/mol. The van der Waals surface area contributed by atoms with Crippen LogP contribution in [0.15, 0.2) is 30.3 Å². The zero-order chi connectivity index (χ0) is 11.8. The van der Waals surface area contributed by atoms with Gasteiger partial charge in [0.05, 0.1) is 5.25 Å². The van der Waals surface area contributed by atoms with E-state index in [-0.39, 0.29) is 11.2 Å². The average molecular weight is 262 g/mol. The summed E-state index contributed by atoms with van der Waals surface area (Å²) in [6.07, 6.45) is 0.686. The zero-order valence-electron chi connectivity index (χ0n) is 8.90. The van der Waals surface area contributed by atoms with Crippen molar-refractivity contribution in [3.63, 3.8) is 0 Å². The van der Waals surface area contributed by atoms with E-state index in [9.17, 15) is 4.79 Å². The molecular weight excluding hydrogens is 252 g/mol. The summed E-state index contributed by atoms with van der Waals surface area (Å²) in [6.45, 7) is 0. The minimum absolute atomic E-state index is 0.0126. The van der Waals surface area contributed by atoms with Gasteiger partial charge in [0.1, 0.15) is 4.32 Å². The molecule has 17 heavy (non-hydrogen) atoms. The van der Waals surface area contributed by atoms with Crippen molar-refractivity contribution in [1.29, 1.82) is 0 Å². The Morgan fingerprint density at radius 2 is 2.18 bits per heavy atom. The molecular formula is C12H10N2OS2. The number of carbonyl (C=O) groups excluding carboxylic acids is 1. The molecule has 3 rings (SSSR count). The molecule has 2 aromatic rings. The summed E-state index contributed by atoms with van der Waals surface area (Å²) in [5.74, 6) is 0.0126. The number of para-hydroxylation sites is 1. The van der Waals surface area contributed by atoms with Crippen LogP contribution in [-0.4, -0.2) is 20.5 Å². The van der Waals surface area contributed by atoms with Gasteiger partial charge in [0.15, 0.2) is 0 Å². The van der Waals surface area contributed by atoms with Gasteiger partial charge in [0.25, 0.3) is 0 Å². The molecule has 1 amide bonds. The average Bonchev–Trinajstić information content (AvgIpc) is 2.82. The number of amides is 1. The molecule has 0 bridgehead atoms. The topological polar surface area (TPSA) is 44.9 Å². The van der Waals surface area contributed by atoms with Gasteiger partial charge in [-0.3, -0.25) is 4.79 Å². The van der Waals surface area contributed by atoms with Crippen molar-refractivity contribution in [3.05, 3.63) is 36.0 Å². The number of carbonyl (C=O) groups is 1. The van der Waals surface area contributed by atoms with E-state index in [1.54, 1.807) is 0 Å². The number of aromatic amines is 1. The Morgan fingerprint density at radius 1 is 1.35 bits per heavy atom. The lowest BCUT2D eigenvalue weighted by Crippen LogP contribution is -2.25. The largest absolute Gasteiger partial charge is 0.358 e. The molecule has 1 fully saturated rings. The van der Waals surface area contributed by atoms with Gasteiger partial charge in [-0.15, -0.1) is 0 Å². The molecule has 1 aliphatic heterocycles. The monoisotopic (exact) mass is 262 g/mol. The third kappa shape index (κ3) is 2.08. The van der Waals surface area contributed by atoms with Crippen LogP contribution < -0.4 is 5.32 Å². The lowest BCUT2D eigenvalue weighted by Gasteiger charge is -2.02. The third-order valence-electron chi connectivity index (χ3n) is 2.76. The summed E-state index contributed by atoms with van der Waals surface area (Å²) in [4.78, 5) is 14.9. The standard InChI is InChI=1S/C12H10N2OS2/c15-11-10(17-12(16)14-11)6-8-5-7-3-1-2-4-9(7)13-8/h1-5,10,13H,6H2,(H,14,15,16). The first-order chi connectivity index (χ1) is 8.22. The molecule has 2 heterocycles. The third-order valence-corrected chi connectivity index (χ3v) is 4.13. The molecule has 1 atom stereocenters. The van der Waals surface area contributed by atoms with Gasteiger partial charge in [-0.2, -0.15) is 0 Å². The summed E-state index contributed by atoms with van der Waals surface area (Å²) in [7, 11) is 0. The fourth-order valence-electron chi connectivity index (χ4n) is 1.97. The molecule has 2 N–H and O–H groups in total. The highest BCUT2D eigenvalue weighted by Gasteiger charge is 2.29. The summed E-state index contributed by atoms with van der Waals surface area (Å²) in [5, 5.41) is 3.74. The lowest BCUT2D eigenvalue weighted by molar-refractivity contribution is -0.118. The summed E-state index contributed by atoms with van der Waals surface area (Å²) in [5.41, 5.74) is 2.18. The van der Waals surface area contributed by atoms with E-state index >= 15 is 0 Å². The van der Waals surface area contributed by atoms with Crippen LogP contribution in [-0.2, 0) is 11.2 Å². The van der Waals surface area contributed by atoms with E-state index in [2.05, 4.69) is 22.4 Å². The molecule has 86 valence electrons. The normalized spacial score (nSPS) is 19.9. The van der Waals surface area contributed by atoms with Crippen LogP contribution in [0.2, 0.25) is 0 Å². The Bertz CT molecular complexity index is 572. The second-order valence-electron chi connectivity index (χ2n) is 3.97. The Kier molecular flexibility index (Phi) is 2.64. The van der Waals surface area contributed by atoms with Crippen molar-refractivity contribution in [3.8, 4) is 0 Å². The Hall–Kier alpha value is -1.33. The van der Waals surface area contributed by atoms with Gasteiger partial charge in [-0.25, -0.2) is 0 Å². The first-order valence-corrected chi connectivity index (χ1v) is 6.59. The van der Waals surface area contributed by atoms with E-state index in [0.717, 1.165) is 11.2 Å². The number of hydrogen-bond acceptors (Lipinski definition) is 3. The highest BCUT2D eigenvalue weighted by atomic mass is 32.2. The number of nitrogens with one attached hydrogen (secondary N) is 2. The van der Waals surface area contributed by atoms with Crippen LogP contribution in [0, 0.1) is 0 Å². The van der Waals surface area contributed by atoms with Gasteiger partial charge < -0.3 is 10.3 Å². The van der Waals surface area contributed by atoms with Crippen molar-refractivity contribution in [2.75, 3.05) is 0 Å². The molecule has 1 aromatic carbocycles. The molecule has 0 spiro atoms. The van der Waals surface area contributed by atoms with Gasteiger partial charge in [-0.05, 0) is 17.5 Å². The van der Waals surface area contributed by atoms with Crippen LogP contribution in [0.3, 0.4) is 0 Å². The van der Waals surface area contributed by atoms with Gasteiger partial charge in [0.2, 0.25) is 5.91 Å². The van der Waals surface area contributed by atoms with E-state index in [1.165, 1.54) is 17.1 Å². The van der Waals surface area contributed by atoms with E-state index < -0.39 is 0 Å².